The number of nitrogens with zero attached hydrogens (tertiary/aromatic N) is 2. The van der Waals surface area contributed by atoms with Gasteiger partial charge in [0, 0.05) is 18.2 Å². The quantitative estimate of drug-likeness (QED) is 0.565. The van der Waals surface area contributed by atoms with Gasteiger partial charge in [-0.2, -0.15) is 0 Å². The van der Waals surface area contributed by atoms with E-state index in [1.54, 1.807) is 6.92 Å². The summed E-state index contributed by atoms with van der Waals surface area (Å²) in [6.07, 6.45) is 1.32. The van der Waals surface area contributed by atoms with Gasteiger partial charge in [-0.1, -0.05) is 13.8 Å². The summed E-state index contributed by atoms with van der Waals surface area (Å²) in [6.45, 7) is 5.88. The lowest BCUT2D eigenvalue weighted by Gasteiger charge is -2.08. The van der Waals surface area contributed by atoms with Crippen molar-refractivity contribution in [2.24, 2.45) is 0 Å². The predicted octanol–water partition coefficient (Wildman–Crippen LogP) is 1.90. The van der Waals surface area contributed by atoms with Gasteiger partial charge in [-0.25, -0.2) is 0 Å². The second-order valence-electron chi connectivity index (χ2n) is 3.65. The highest BCUT2D eigenvalue weighted by Gasteiger charge is 2.18. The maximum atomic E-state index is 11.5. The van der Waals surface area contributed by atoms with Crippen LogP contribution in [0.15, 0.2) is 17.1 Å². The average molecular weight is 210 g/mol. The Labute approximate surface area is 87.5 Å². The molecule has 0 aromatic carbocycles. The standard InChI is InChI=1S/C10H14N2O3/c1-4-11-6-9(12(14)15)8(7(2)3)5-10(11)13/h5-7H,4H2,1-3H3. The van der Waals surface area contributed by atoms with Gasteiger partial charge in [-0.3, -0.25) is 14.9 Å². The van der Waals surface area contributed by atoms with Crippen LogP contribution in [0.3, 0.4) is 0 Å². The molecular weight excluding hydrogens is 196 g/mol. The molecule has 15 heavy (non-hydrogen) atoms. The highest BCUT2D eigenvalue weighted by molar-refractivity contribution is 5.39. The molecular formula is C10H14N2O3. The zero-order valence-electron chi connectivity index (χ0n) is 9.06. The molecule has 1 aromatic heterocycles. The Morgan fingerprint density at radius 2 is 2.13 bits per heavy atom. The van der Waals surface area contributed by atoms with Crippen molar-refractivity contribution in [1.82, 2.24) is 4.57 Å². The Morgan fingerprint density at radius 1 is 1.53 bits per heavy atom. The van der Waals surface area contributed by atoms with E-state index in [4.69, 9.17) is 0 Å². The highest BCUT2D eigenvalue weighted by atomic mass is 16.6. The summed E-state index contributed by atoms with van der Waals surface area (Å²) in [6, 6.07) is 1.35. The number of nitro groups is 1. The SMILES string of the molecule is CCn1cc([N+](=O)[O-])c(C(C)C)cc1=O. The first-order valence-corrected chi connectivity index (χ1v) is 4.86. The molecule has 5 heteroatoms. The number of pyridine rings is 1. The van der Waals surface area contributed by atoms with Crippen LogP contribution in [-0.4, -0.2) is 9.49 Å². The number of hydrogen-bond acceptors (Lipinski definition) is 3. The van der Waals surface area contributed by atoms with E-state index in [9.17, 15) is 14.9 Å². The van der Waals surface area contributed by atoms with Crippen LogP contribution >= 0.6 is 0 Å². The Balaban J connectivity index is 3.46. The number of hydrogen-bond donors (Lipinski definition) is 0. The number of rotatable bonds is 3. The fourth-order valence-electron chi connectivity index (χ4n) is 1.44. The van der Waals surface area contributed by atoms with Crippen LogP contribution in [0.2, 0.25) is 0 Å². The number of aromatic nitrogens is 1. The summed E-state index contributed by atoms with van der Waals surface area (Å²) in [5, 5.41) is 10.8. The van der Waals surface area contributed by atoms with Crippen LogP contribution in [0.4, 0.5) is 5.69 Å². The van der Waals surface area contributed by atoms with E-state index in [0.717, 1.165) is 0 Å². The maximum Gasteiger partial charge on any atom is 0.289 e. The van der Waals surface area contributed by atoms with E-state index >= 15 is 0 Å². The van der Waals surface area contributed by atoms with Gasteiger partial charge in [-0.15, -0.1) is 0 Å². The lowest BCUT2D eigenvalue weighted by molar-refractivity contribution is -0.386. The van der Waals surface area contributed by atoms with Crippen molar-refractivity contribution >= 4 is 5.69 Å². The summed E-state index contributed by atoms with van der Waals surface area (Å²) in [5.74, 6) is -0.0235. The average Bonchev–Trinajstić information content (AvgIpc) is 2.16. The molecule has 0 aliphatic carbocycles. The molecule has 0 saturated heterocycles. The summed E-state index contributed by atoms with van der Waals surface area (Å²) < 4.78 is 1.34. The van der Waals surface area contributed by atoms with Crippen molar-refractivity contribution in [2.45, 2.75) is 33.2 Å². The molecule has 0 radical (unpaired) electrons. The van der Waals surface area contributed by atoms with Crippen LogP contribution in [0.1, 0.15) is 32.3 Å². The Bertz CT molecular complexity index is 435. The third kappa shape index (κ3) is 2.23. The second-order valence-corrected chi connectivity index (χ2v) is 3.65. The highest BCUT2D eigenvalue weighted by Crippen LogP contribution is 2.23. The molecule has 0 saturated carbocycles. The predicted molar refractivity (Wildman–Crippen MR) is 57.1 cm³/mol. The Morgan fingerprint density at radius 3 is 2.53 bits per heavy atom. The zero-order chi connectivity index (χ0) is 11.6. The molecule has 0 aliphatic heterocycles. The third-order valence-corrected chi connectivity index (χ3v) is 2.30. The molecule has 0 N–H and O–H groups in total. The van der Waals surface area contributed by atoms with E-state index in [0.29, 0.717) is 12.1 Å². The smallest absolute Gasteiger partial charge is 0.289 e. The van der Waals surface area contributed by atoms with Crippen LogP contribution in [-0.2, 0) is 6.54 Å². The molecule has 0 atom stereocenters. The van der Waals surface area contributed by atoms with Gasteiger partial charge in [0.05, 0.1) is 11.1 Å². The van der Waals surface area contributed by atoms with Crippen molar-refractivity contribution in [3.05, 3.63) is 38.3 Å². The van der Waals surface area contributed by atoms with Gasteiger partial charge in [0.15, 0.2) is 0 Å². The molecule has 0 bridgehead atoms. The first-order valence-electron chi connectivity index (χ1n) is 4.86. The zero-order valence-corrected chi connectivity index (χ0v) is 9.06. The van der Waals surface area contributed by atoms with Crippen molar-refractivity contribution < 1.29 is 4.92 Å². The molecule has 0 spiro atoms. The maximum absolute atomic E-state index is 11.5. The first kappa shape index (κ1) is 11.4. The summed E-state index contributed by atoms with van der Waals surface area (Å²) in [7, 11) is 0. The monoisotopic (exact) mass is 210 g/mol. The largest absolute Gasteiger partial charge is 0.309 e. The van der Waals surface area contributed by atoms with Crippen molar-refractivity contribution in [3.8, 4) is 0 Å². The minimum absolute atomic E-state index is 0.0199. The molecule has 0 aliphatic rings. The van der Waals surface area contributed by atoms with E-state index < -0.39 is 4.92 Å². The molecule has 82 valence electrons. The fourth-order valence-corrected chi connectivity index (χ4v) is 1.44. The van der Waals surface area contributed by atoms with Gasteiger partial charge in [-0.05, 0) is 12.8 Å². The molecule has 1 aromatic rings. The second kappa shape index (κ2) is 4.25. The minimum Gasteiger partial charge on any atom is -0.309 e. The Kier molecular flexibility index (Phi) is 3.24. The summed E-state index contributed by atoms with van der Waals surface area (Å²) in [5.41, 5.74) is 0.327. The topological polar surface area (TPSA) is 65.1 Å². The van der Waals surface area contributed by atoms with Gasteiger partial charge < -0.3 is 4.57 Å². The lowest BCUT2D eigenvalue weighted by Crippen LogP contribution is -2.20. The molecule has 1 rings (SSSR count). The normalized spacial score (nSPS) is 10.7. The van der Waals surface area contributed by atoms with E-state index in [-0.39, 0.29) is 17.2 Å². The van der Waals surface area contributed by atoms with Crippen LogP contribution in [0.25, 0.3) is 0 Å². The molecule has 0 amide bonds. The van der Waals surface area contributed by atoms with E-state index in [1.165, 1.54) is 16.8 Å². The van der Waals surface area contributed by atoms with Gasteiger partial charge >= 0.3 is 0 Å². The minimum atomic E-state index is -0.444. The van der Waals surface area contributed by atoms with Crippen LogP contribution in [0, 0.1) is 10.1 Å². The van der Waals surface area contributed by atoms with Crippen molar-refractivity contribution in [1.29, 1.82) is 0 Å². The molecule has 1 heterocycles. The first-order chi connectivity index (χ1) is 6.97. The molecule has 0 fully saturated rings. The van der Waals surface area contributed by atoms with Gasteiger partial charge in [0.1, 0.15) is 0 Å². The van der Waals surface area contributed by atoms with Crippen LogP contribution in [0.5, 0.6) is 0 Å². The van der Waals surface area contributed by atoms with Gasteiger partial charge in [0.25, 0.3) is 11.2 Å². The number of aryl methyl sites for hydroxylation is 1. The van der Waals surface area contributed by atoms with E-state index in [1.807, 2.05) is 13.8 Å². The summed E-state index contributed by atoms with van der Waals surface area (Å²) >= 11 is 0. The molecule has 0 unspecified atom stereocenters. The fraction of sp³-hybridized carbons (Fsp3) is 0.500. The van der Waals surface area contributed by atoms with Gasteiger partial charge in [0.2, 0.25) is 0 Å². The third-order valence-electron chi connectivity index (χ3n) is 2.30. The summed E-state index contributed by atoms with van der Waals surface area (Å²) in [4.78, 5) is 21.8. The van der Waals surface area contributed by atoms with E-state index in [2.05, 4.69) is 0 Å². The van der Waals surface area contributed by atoms with Crippen molar-refractivity contribution in [3.63, 3.8) is 0 Å². The van der Waals surface area contributed by atoms with Crippen LogP contribution < -0.4 is 5.56 Å². The molecule has 5 nitrogen and oxygen atoms in total. The lowest BCUT2D eigenvalue weighted by atomic mass is 10.0. The Hall–Kier alpha value is -1.65. The van der Waals surface area contributed by atoms with Crippen molar-refractivity contribution in [2.75, 3.05) is 0 Å².